The normalized spacial score (nSPS) is 28.8. The number of hydrogen-bond donors (Lipinski definition) is 1. The summed E-state index contributed by atoms with van der Waals surface area (Å²) in [5.74, 6) is -1.39. The van der Waals surface area contributed by atoms with Crippen LogP contribution >= 0.6 is 11.8 Å². The molecule has 0 aromatic heterocycles. The van der Waals surface area contributed by atoms with Crippen molar-refractivity contribution in [1.29, 1.82) is 0 Å². The average Bonchev–Trinajstić information content (AvgIpc) is 2.86. The van der Waals surface area contributed by atoms with Crippen LogP contribution in [-0.2, 0) is 9.59 Å². The Bertz CT molecular complexity index is 601. The topological polar surface area (TPSA) is 79.1 Å². The molecule has 0 amide bonds. The van der Waals surface area contributed by atoms with E-state index >= 15 is 0 Å². The Balaban J connectivity index is 2.21. The van der Waals surface area contributed by atoms with Crippen molar-refractivity contribution < 1.29 is 14.7 Å². The van der Waals surface area contributed by atoms with Gasteiger partial charge in [0.15, 0.2) is 0 Å². The number of dihydropyridines is 1. The molecular formula is C13H12N2O3S. The highest BCUT2D eigenvalue weighted by atomic mass is 32.2. The van der Waals surface area contributed by atoms with Crippen molar-refractivity contribution in [1.82, 2.24) is 0 Å². The maximum atomic E-state index is 11.7. The second kappa shape index (κ2) is 4.45. The molecule has 2 atom stereocenters. The lowest BCUT2D eigenvalue weighted by Gasteiger charge is -2.31. The molecule has 0 bridgehead atoms. The maximum Gasteiger partial charge on any atom is 0.340 e. The molecule has 0 aromatic carbocycles. The molecule has 98 valence electrons. The number of carboxylic acids is 1. The fourth-order valence-electron chi connectivity index (χ4n) is 2.74. The van der Waals surface area contributed by atoms with Crippen LogP contribution in [0.15, 0.2) is 32.5 Å². The van der Waals surface area contributed by atoms with Crippen LogP contribution in [0.4, 0.5) is 0 Å². The van der Waals surface area contributed by atoms with Crippen molar-refractivity contribution in [2.75, 3.05) is 0 Å². The van der Waals surface area contributed by atoms with Gasteiger partial charge < -0.3 is 5.11 Å². The highest BCUT2D eigenvalue weighted by Crippen LogP contribution is 2.46. The molecule has 5 nitrogen and oxygen atoms in total. The van der Waals surface area contributed by atoms with Crippen LogP contribution < -0.4 is 0 Å². The lowest BCUT2D eigenvalue weighted by molar-refractivity contribution is -0.134. The zero-order valence-electron chi connectivity index (χ0n) is 10.3. The van der Waals surface area contributed by atoms with Crippen molar-refractivity contribution in [3.63, 3.8) is 0 Å². The average molecular weight is 276 g/mol. The summed E-state index contributed by atoms with van der Waals surface area (Å²) in [5.41, 5.74) is 3.61. The molecule has 0 fully saturated rings. The first-order valence-electron chi connectivity index (χ1n) is 6.10. The number of nitrogens with zero attached hydrogens (tertiary/aromatic N) is 2. The second-order valence-electron chi connectivity index (χ2n) is 4.68. The summed E-state index contributed by atoms with van der Waals surface area (Å²) in [6.07, 6.45) is 2.60. The minimum absolute atomic E-state index is 0.137. The van der Waals surface area contributed by atoms with E-state index < -0.39 is 11.8 Å². The Morgan fingerprint density at radius 3 is 3.00 bits per heavy atom. The minimum Gasteiger partial charge on any atom is -0.478 e. The van der Waals surface area contributed by atoms with E-state index in [1.165, 1.54) is 0 Å². The highest BCUT2D eigenvalue weighted by Gasteiger charge is 2.40. The van der Waals surface area contributed by atoms with E-state index in [1.54, 1.807) is 17.3 Å². The van der Waals surface area contributed by atoms with E-state index in [4.69, 9.17) is 0 Å². The summed E-state index contributed by atoms with van der Waals surface area (Å²) >= 11 is 1.65. The first-order chi connectivity index (χ1) is 9.13. The summed E-state index contributed by atoms with van der Waals surface area (Å²) in [4.78, 5) is 31.5. The van der Waals surface area contributed by atoms with E-state index in [-0.39, 0.29) is 10.8 Å². The van der Waals surface area contributed by atoms with Gasteiger partial charge in [-0.2, -0.15) is 0 Å². The number of hydrogen-bond acceptors (Lipinski definition) is 5. The monoisotopic (exact) mass is 276 g/mol. The van der Waals surface area contributed by atoms with Crippen LogP contribution in [0.25, 0.3) is 0 Å². The first-order valence-corrected chi connectivity index (χ1v) is 7.05. The number of aliphatic carboxylic acids is 1. The molecule has 3 rings (SSSR count). The van der Waals surface area contributed by atoms with Crippen molar-refractivity contribution in [2.45, 2.75) is 25.0 Å². The number of carbonyl (C=O) groups is 2. The van der Waals surface area contributed by atoms with Crippen LogP contribution in [0.2, 0.25) is 0 Å². The van der Waals surface area contributed by atoms with E-state index in [1.807, 2.05) is 0 Å². The number of fused-ring (bicyclic) bond motifs is 2. The fraction of sp³-hybridized carbons (Fsp3) is 0.385. The van der Waals surface area contributed by atoms with Gasteiger partial charge in [-0.1, -0.05) is 13.3 Å². The molecule has 2 aliphatic heterocycles. The van der Waals surface area contributed by atoms with Crippen molar-refractivity contribution in [3.05, 3.63) is 22.5 Å². The predicted octanol–water partition coefficient (Wildman–Crippen LogP) is 1.81. The van der Waals surface area contributed by atoms with Gasteiger partial charge in [-0.3, -0.25) is 14.8 Å². The number of Topliss-reactive ketones (excluding diaryl/α,β-unsaturated/α-hetero) is 1. The van der Waals surface area contributed by atoms with Crippen molar-refractivity contribution >= 4 is 35.3 Å². The van der Waals surface area contributed by atoms with Gasteiger partial charge in [-0.05, 0) is 17.9 Å². The first kappa shape index (κ1) is 12.3. The number of aliphatic imine (C=N–C) groups is 2. The van der Waals surface area contributed by atoms with Crippen LogP contribution in [0.5, 0.6) is 0 Å². The van der Waals surface area contributed by atoms with Crippen LogP contribution in [0.3, 0.4) is 0 Å². The number of carbonyl (C=O) groups excluding carboxylic acids is 1. The Kier molecular flexibility index (Phi) is 2.89. The molecule has 0 saturated carbocycles. The van der Waals surface area contributed by atoms with Gasteiger partial charge in [0, 0.05) is 0 Å². The Morgan fingerprint density at radius 1 is 1.53 bits per heavy atom. The van der Waals surface area contributed by atoms with Gasteiger partial charge in [0.25, 0.3) is 0 Å². The van der Waals surface area contributed by atoms with Gasteiger partial charge in [-0.15, -0.1) is 11.8 Å². The second-order valence-corrected chi connectivity index (χ2v) is 5.67. The lowest BCUT2D eigenvalue weighted by atomic mass is 9.81. The van der Waals surface area contributed by atoms with Gasteiger partial charge in [0.05, 0.1) is 28.4 Å². The van der Waals surface area contributed by atoms with Crippen molar-refractivity contribution in [3.8, 4) is 0 Å². The molecule has 0 radical (unpaired) electrons. The van der Waals surface area contributed by atoms with E-state index in [9.17, 15) is 14.7 Å². The lowest BCUT2D eigenvalue weighted by Crippen LogP contribution is -2.29. The maximum absolute atomic E-state index is 11.7. The summed E-state index contributed by atoms with van der Waals surface area (Å²) in [6.45, 7) is 2.07. The predicted molar refractivity (Wildman–Crippen MR) is 73.5 cm³/mol. The molecule has 1 aliphatic carbocycles. The SMILES string of the molecule is CCC1CC2=C(C(=O)O)C(=O)C=NC2=C2N=CSC21. The molecule has 0 saturated heterocycles. The summed E-state index contributed by atoms with van der Waals surface area (Å²) in [5, 5.41) is 9.48. The fourth-order valence-corrected chi connectivity index (χ4v) is 3.85. The van der Waals surface area contributed by atoms with Gasteiger partial charge >= 0.3 is 5.97 Å². The zero-order chi connectivity index (χ0) is 13.6. The Morgan fingerprint density at radius 2 is 2.32 bits per heavy atom. The number of allylic oxidation sites excluding steroid dienone is 1. The molecule has 0 spiro atoms. The third kappa shape index (κ3) is 1.78. The van der Waals surface area contributed by atoms with Gasteiger partial charge in [0.2, 0.25) is 5.78 Å². The standard InChI is InChI=1S/C13H12N2O3S/c1-2-6-3-7-9(13(17)18)8(16)4-14-10(7)11-12(6)19-5-15-11/h4-6,12H,2-3H2,1H3,(H,17,18). The molecule has 6 heteroatoms. The van der Waals surface area contributed by atoms with E-state index in [0.29, 0.717) is 23.6 Å². The van der Waals surface area contributed by atoms with E-state index in [2.05, 4.69) is 16.9 Å². The quantitative estimate of drug-likeness (QED) is 0.780. The summed E-state index contributed by atoms with van der Waals surface area (Å²) in [7, 11) is 0. The van der Waals surface area contributed by atoms with Crippen LogP contribution in [0, 0.1) is 5.92 Å². The smallest absolute Gasteiger partial charge is 0.340 e. The number of rotatable bonds is 2. The number of ketones is 1. The van der Waals surface area contributed by atoms with Gasteiger partial charge in [-0.25, -0.2) is 4.79 Å². The molecule has 1 N–H and O–H groups in total. The molecular weight excluding hydrogens is 264 g/mol. The molecule has 2 heterocycles. The minimum atomic E-state index is -1.17. The van der Waals surface area contributed by atoms with Gasteiger partial charge in [0.1, 0.15) is 5.57 Å². The van der Waals surface area contributed by atoms with E-state index in [0.717, 1.165) is 18.3 Å². The number of thioether (sulfide) groups is 1. The van der Waals surface area contributed by atoms with Crippen molar-refractivity contribution in [2.24, 2.45) is 15.9 Å². The summed E-state index contributed by atoms with van der Waals surface area (Å²) < 4.78 is 0. The Labute approximate surface area is 114 Å². The highest BCUT2D eigenvalue weighted by molar-refractivity contribution is 8.13. The Hall–Kier alpha value is -1.69. The molecule has 3 aliphatic rings. The molecule has 0 aromatic rings. The van der Waals surface area contributed by atoms with Crippen LogP contribution in [-0.4, -0.2) is 33.9 Å². The zero-order valence-corrected chi connectivity index (χ0v) is 11.1. The largest absolute Gasteiger partial charge is 0.478 e. The summed E-state index contributed by atoms with van der Waals surface area (Å²) in [6, 6.07) is 0. The van der Waals surface area contributed by atoms with Crippen LogP contribution in [0.1, 0.15) is 19.8 Å². The third-order valence-electron chi connectivity index (χ3n) is 3.69. The number of carboxylic acid groups (broad SMARTS) is 1. The molecule has 19 heavy (non-hydrogen) atoms. The third-order valence-corrected chi connectivity index (χ3v) is 4.82. The molecule has 2 unspecified atom stereocenters.